The van der Waals surface area contributed by atoms with Gasteiger partial charge in [-0.15, -0.1) is 5.73 Å². The molecule has 1 aliphatic carbocycles. The molecular weight excluding hydrogens is 240 g/mol. The van der Waals surface area contributed by atoms with Crippen molar-refractivity contribution in [1.29, 1.82) is 5.26 Å². The Hall–Kier alpha value is -3.09. The summed E-state index contributed by atoms with van der Waals surface area (Å²) in [7, 11) is 0. The fourth-order valence-electron chi connectivity index (χ4n) is 1.84. The van der Waals surface area contributed by atoms with E-state index in [0.29, 0.717) is 16.9 Å². The third-order valence-corrected chi connectivity index (χ3v) is 2.74. The van der Waals surface area contributed by atoms with E-state index in [2.05, 4.69) is 15.8 Å². The minimum absolute atomic E-state index is 0.253. The second kappa shape index (κ2) is 4.30. The largest absolute Gasteiger partial charge is 0.295 e. The van der Waals surface area contributed by atoms with Crippen molar-refractivity contribution in [3.8, 4) is 6.07 Å². The summed E-state index contributed by atoms with van der Waals surface area (Å²) in [4.78, 5) is 16.3. The zero-order valence-corrected chi connectivity index (χ0v) is 9.79. The Morgan fingerprint density at radius 1 is 1.42 bits per heavy atom. The van der Waals surface area contributed by atoms with Gasteiger partial charge in [-0.05, 0) is 18.2 Å². The van der Waals surface area contributed by atoms with Crippen molar-refractivity contribution in [2.45, 2.75) is 0 Å². The summed E-state index contributed by atoms with van der Waals surface area (Å²) >= 11 is 0. The highest BCUT2D eigenvalue weighted by Crippen LogP contribution is 2.15. The van der Waals surface area contributed by atoms with Crippen LogP contribution in [0.1, 0.15) is 11.3 Å². The van der Waals surface area contributed by atoms with Gasteiger partial charge < -0.3 is 0 Å². The molecule has 0 fully saturated rings. The maximum absolute atomic E-state index is 12.0. The van der Waals surface area contributed by atoms with E-state index < -0.39 is 0 Å². The molecule has 0 unspecified atom stereocenters. The van der Waals surface area contributed by atoms with E-state index in [4.69, 9.17) is 5.26 Å². The van der Waals surface area contributed by atoms with E-state index >= 15 is 0 Å². The highest BCUT2D eigenvalue weighted by atomic mass is 16.1. The zero-order valence-electron chi connectivity index (χ0n) is 9.79. The minimum atomic E-state index is -0.253. The molecular formula is C14H8N4O. The average Bonchev–Trinajstić information content (AvgIpc) is 2.65. The first-order valence-electron chi connectivity index (χ1n) is 5.61. The molecule has 5 nitrogen and oxygen atoms in total. The predicted octanol–water partition coefficient (Wildman–Crippen LogP) is 1.56. The quantitative estimate of drug-likeness (QED) is 0.778. The standard InChI is InChI=1S/C14H8N4O/c15-8-11-9-16-18-13(19)7-12(17-14(11)18)10-5-3-1-2-4-6-10/h1,3-7,9,16H. The molecule has 0 saturated carbocycles. The number of nitrogens with zero attached hydrogens (tertiary/aromatic N) is 3. The Morgan fingerprint density at radius 2 is 2.32 bits per heavy atom. The number of aromatic nitrogens is 3. The number of nitriles is 1. The molecule has 5 heteroatoms. The van der Waals surface area contributed by atoms with Crippen molar-refractivity contribution in [3.63, 3.8) is 0 Å². The minimum Gasteiger partial charge on any atom is -0.295 e. The highest BCUT2D eigenvalue weighted by molar-refractivity contribution is 5.75. The normalized spacial score (nSPS) is 13.3. The molecule has 0 aromatic carbocycles. The van der Waals surface area contributed by atoms with Crippen LogP contribution in [0.4, 0.5) is 0 Å². The van der Waals surface area contributed by atoms with Crippen molar-refractivity contribution in [2.75, 3.05) is 0 Å². The molecule has 0 radical (unpaired) electrons. The number of aromatic amines is 1. The molecule has 0 bridgehead atoms. The fraction of sp³-hybridized carbons (Fsp3) is 0. The topological polar surface area (TPSA) is 73.9 Å². The number of hydrogen-bond donors (Lipinski definition) is 1. The molecule has 0 spiro atoms. The Bertz CT molecular complexity index is 880. The number of nitrogens with one attached hydrogen (secondary N) is 1. The van der Waals surface area contributed by atoms with Crippen LogP contribution in [0.3, 0.4) is 0 Å². The molecule has 2 heterocycles. The van der Waals surface area contributed by atoms with Crippen molar-refractivity contribution in [2.24, 2.45) is 0 Å². The summed E-state index contributed by atoms with van der Waals surface area (Å²) in [6.45, 7) is 0. The number of hydrogen-bond acceptors (Lipinski definition) is 3. The lowest BCUT2D eigenvalue weighted by Crippen LogP contribution is -2.15. The van der Waals surface area contributed by atoms with Crippen LogP contribution in [0, 0.1) is 11.3 Å². The van der Waals surface area contributed by atoms with E-state index in [1.165, 1.54) is 16.8 Å². The van der Waals surface area contributed by atoms with Gasteiger partial charge in [-0.25, -0.2) is 9.50 Å². The SMILES string of the molecule is N#Cc1c[nH]n2c(=O)cc(C3=CC=C=CC=C3)nc12. The lowest BCUT2D eigenvalue weighted by atomic mass is 10.1. The van der Waals surface area contributed by atoms with Crippen LogP contribution in [0.15, 0.2) is 53.2 Å². The molecule has 0 amide bonds. The van der Waals surface area contributed by atoms with E-state index in [9.17, 15) is 4.79 Å². The van der Waals surface area contributed by atoms with Gasteiger partial charge in [0.25, 0.3) is 5.56 Å². The summed E-state index contributed by atoms with van der Waals surface area (Å²) in [5.41, 5.74) is 4.68. The van der Waals surface area contributed by atoms with Crippen molar-refractivity contribution in [1.82, 2.24) is 14.6 Å². The smallest absolute Gasteiger partial charge is 0.273 e. The summed E-state index contributed by atoms with van der Waals surface area (Å²) in [5, 5.41) is 11.7. The lowest BCUT2D eigenvalue weighted by Gasteiger charge is -2.01. The summed E-state index contributed by atoms with van der Waals surface area (Å²) in [6.07, 6.45) is 10.5. The van der Waals surface area contributed by atoms with Crippen molar-refractivity contribution in [3.05, 3.63) is 70.0 Å². The van der Waals surface area contributed by atoms with E-state index in [-0.39, 0.29) is 5.56 Å². The van der Waals surface area contributed by atoms with Gasteiger partial charge in [-0.2, -0.15) is 5.26 Å². The first-order chi connectivity index (χ1) is 9.29. The lowest BCUT2D eigenvalue weighted by molar-refractivity contribution is 0.896. The van der Waals surface area contributed by atoms with E-state index in [0.717, 1.165) is 5.57 Å². The van der Waals surface area contributed by atoms with E-state index in [1.807, 2.05) is 24.3 Å². The molecule has 2 aromatic rings. The Balaban J connectivity index is 2.27. The Morgan fingerprint density at radius 3 is 3.16 bits per heavy atom. The van der Waals surface area contributed by atoms with Gasteiger partial charge in [-0.3, -0.25) is 9.89 Å². The van der Waals surface area contributed by atoms with Gasteiger partial charge in [0, 0.05) is 17.8 Å². The van der Waals surface area contributed by atoms with Crippen LogP contribution in [0.5, 0.6) is 0 Å². The van der Waals surface area contributed by atoms with E-state index in [1.54, 1.807) is 12.2 Å². The summed E-state index contributed by atoms with van der Waals surface area (Å²) < 4.78 is 1.25. The molecule has 19 heavy (non-hydrogen) atoms. The average molecular weight is 248 g/mol. The Kier molecular flexibility index (Phi) is 2.49. The molecule has 0 saturated heterocycles. The van der Waals surface area contributed by atoms with Gasteiger partial charge in [0.2, 0.25) is 0 Å². The van der Waals surface area contributed by atoms with Crippen LogP contribution in [-0.4, -0.2) is 14.6 Å². The van der Waals surface area contributed by atoms with Crippen molar-refractivity contribution >= 4 is 11.2 Å². The number of H-pyrrole nitrogens is 1. The summed E-state index contributed by atoms with van der Waals surface area (Å²) in [5.74, 6) is 0. The van der Waals surface area contributed by atoms with Crippen LogP contribution >= 0.6 is 0 Å². The maximum Gasteiger partial charge on any atom is 0.273 e. The van der Waals surface area contributed by atoms with Crippen LogP contribution < -0.4 is 5.56 Å². The molecule has 90 valence electrons. The van der Waals surface area contributed by atoms with Gasteiger partial charge in [0.15, 0.2) is 5.65 Å². The summed E-state index contributed by atoms with van der Waals surface area (Å²) in [6, 6.07) is 3.43. The van der Waals surface area contributed by atoms with Gasteiger partial charge >= 0.3 is 0 Å². The predicted molar refractivity (Wildman–Crippen MR) is 70.3 cm³/mol. The first-order valence-corrected chi connectivity index (χ1v) is 5.61. The zero-order chi connectivity index (χ0) is 13.2. The molecule has 0 aliphatic heterocycles. The first kappa shape index (κ1) is 11.0. The highest BCUT2D eigenvalue weighted by Gasteiger charge is 2.10. The number of fused-ring (bicyclic) bond motifs is 1. The monoisotopic (exact) mass is 248 g/mol. The van der Waals surface area contributed by atoms with Crippen LogP contribution in [0.2, 0.25) is 0 Å². The number of rotatable bonds is 1. The second-order valence-corrected chi connectivity index (χ2v) is 3.92. The third-order valence-electron chi connectivity index (χ3n) is 2.74. The third kappa shape index (κ3) is 1.82. The van der Waals surface area contributed by atoms with Gasteiger partial charge in [-0.1, -0.05) is 12.2 Å². The molecule has 1 N–H and O–H groups in total. The Labute approximate surface area is 108 Å². The molecule has 0 atom stereocenters. The second-order valence-electron chi connectivity index (χ2n) is 3.92. The maximum atomic E-state index is 12.0. The number of allylic oxidation sites excluding steroid dienone is 5. The van der Waals surface area contributed by atoms with Crippen LogP contribution in [0.25, 0.3) is 11.2 Å². The van der Waals surface area contributed by atoms with Gasteiger partial charge in [0.1, 0.15) is 11.6 Å². The molecule has 3 rings (SSSR count). The molecule has 2 aromatic heterocycles. The van der Waals surface area contributed by atoms with Crippen LogP contribution in [-0.2, 0) is 0 Å². The molecule has 1 aliphatic rings. The van der Waals surface area contributed by atoms with Gasteiger partial charge in [0.05, 0.1) is 5.69 Å². The van der Waals surface area contributed by atoms with Crippen molar-refractivity contribution < 1.29 is 0 Å². The fourth-order valence-corrected chi connectivity index (χ4v) is 1.84.